The van der Waals surface area contributed by atoms with E-state index in [1.807, 2.05) is 6.20 Å². The Kier molecular flexibility index (Phi) is 1.39. The van der Waals surface area contributed by atoms with Gasteiger partial charge in [-0.2, -0.15) is 0 Å². The molecule has 0 spiro atoms. The van der Waals surface area contributed by atoms with Gasteiger partial charge in [-0.15, -0.1) is 0 Å². The molecule has 0 amide bonds. The highest BCUT2D eigenvalue weighted by molar-refractivity contribution is 5.67. The van der Waals surface area contributed by atoms with Crippen LogP contribution < -0.4 is 5.73 Å². The molecule has 56 valence electrons. The van der Waals surface area contributed by atoms with E-state index in [0.717, 1.165) is 24.1 Å². The molecule has 0 fully saturated rings. The third-order valence-electron chi connectivity index (χ3n) is 1.97. The Hall–Kier alpha value is -1.31. The second kappa shape index (κ2) is 2.38. The summed E-state index contributed by atoms with van der Waals surface area (Å²) in [7, 11) is 0. The Labute approximate surface area is 65.8 Å². The van der Waals surface area contributed by atoms with Crippen molar-refractivity contribution in [3.05, 3.63) is 29.6 Å². The van der Waals surface area contributed by atoms with E-state index in [9.17, 15) is 0 Å². The third kappa shape index (κ3) is 1.00. The van der Waals surface area contributed by atoms with Crippen LogP contribution >= 0.6 is 0 Å². The van der Waals surface area contributed by atoms with Crippen molar-refractivity contribution in [2.24, 2.45) is 0 Å². The van der Waals surface area contributed by atoms with Crippen LogP contribution in [0.3, 0.4) is 0 Å². The Morgan fingerprint density at radius 2 is 2.27 bits per heavy atom. The first-order valence-corrected chi connectivity index (χ1v) is 3.77. The normalized spacial score (nSPS) is 14.5. The van der Waals surface area contributed by atoms with Gasteiger partial charge < -0.3 is 5.73 Å². The lowest BCUT2D eigenvalue weighted by molar-refractivity contribution is 0.972. The van der Waals surface area contributed by atoms with E-state index in [-0.39, 0.29) is 0 Å². The average molecular weight is 146 g/mol. The van der Waals surface area contributed by atoms with Gasteiger partial charge in [0.25, 0.3) is 0 Å². The number of aryl methyl sites for hydroxylation is 1. The maximum Gasteiger partial charge on any atom is 0.0576 e. The molecule has 1 aromatic rings. The van der Waals surface area contributed by atoms with E-state index >= 15 is 0 Å². The highest BCUT2D eigenvalue weighted by Crippen LogP contribution is 2.22. The Bertz CT molecular complexity index is 302. The van der Waals surface area contributed by atoms with Crippen molar-refractivity contribution in [3.8, 4) is 0 Å². The first-order chi connectivity index (χ1) is 5.38. The summed E-state index contributed by atoms with van der Waals surface area (Å²) < 4.78 is 0. The predicted octanol–water partition coefficient (Wildman–Crippen LogP) is 1.62. The van der Waals surface area contributed by atoms with Gasteiger partial charge in [-0.25, -0.2) is 0 Å². The highest BCUT2D eigenvalue weighted by atomic mass is 14.7. The van der Waals surface area contributed by atoms with Crippen molar-refractivity contribution >= 4 is 11.8 Å². The summed E-state index contributed by atoms with van der Waals surface area (Å²) in [6.45, 7) is 0. The number of pyridine rings is 1. The van der Waals surface area contributed by atoms with E-state index in [1.54, 1.807) is 6.20 Å². The molecule has 0 saturated heterocycles. The molecule has 0 aromatic carbocycles. The molecule has 2 N–H and O–H groups in total. The molecule has 1 aliphatic rings. The molecular formula is C9H10N2. The molecule has 0 aliphatic heterocycles. The molecule has 1 aliphatic carbocycles. The first kappa shape index (κ1) is 6.40. The van der Waals surface area contributed by atoms with Gasteiger partial charge in [0.1, 0.15) is 0 Å². The van der Waals surface area contributed by atoms with E-state index in [4.69, 9.17) is 5.73 Å². The Morgan fingerprint density at radius 1 is 1.36 bits per heavy atom. The summed E-state index contributed by atoms with van der Waals surface area (Å²) in [5.41, 5.74) is 8.95. The molecule has 11 heavy (non-hydrogen) atoms. The van der Waals surface area contributed by atoms with Crippen LogP contribution in [0.1, 0.15) is 17.5 Å². The van der Waals surface area contributed by atoms with Crippen molar-refractivity contribution in [3.63, 3.8) is 0 Å². The zero-order valence-corrected chi connectivity index (χ0v) is 6.25. The minimum atomic E-state index is 0.790. The SMILES string of the molecule is Nc1cncc2c1C=CCC2. The smallest absolute Gasteiger partial charge is 0.0576 e. The van der Waals surface area contributed by atoms with Crippen LogP contribution in [0.2, 0.25) is 0 Å². The van der Waals surface area contributed by atoms with Gasteiger partial charge >= 0.3 is 0 Å². The van der Waals surface area contributed by atoms with Crippen LogP contribution in [0.15, 0.2) is 18.5 Å². The minimum absolute atomic E-state index is 0.790. The van der Waals surface area contributed by atoms with Crippen LogP contribution in [0.5, 0.6) is 0 Å². The number of aromatic nitrogens is 1. The summed E-state index contributed by atoms with van der Waals surface area (Å²) in [6, 6.07) is 0. The zero-order valence-electron chi connectivity index (χ0n) is 6.25. The summed E-state index contributed by atoms with van der Waals surface area (Å²) in [5, 5.41) is 0. The van der Waals surface area contributed by atoms with Crippen molar-refractivity contribution in [2.45, 2.75) is 12.8 Å². The number of nitrogen functional groups attached to an aromatic ring is 1. The maximum absolute atomic E-state index is 5.73. The van der Waals surface area contributed by atoms with Crippen LogP contribution in [-0.4, -0.2) is 4.98 Å². The average Bonchev–Trinajstić information content (AvgIpc) is 2.06. The van der Waals surface area contributed by atoms with E-state index in [1.165, 1.54) is 5.56 Å². The highest BCUT2D eigenvalue weighted by Gasteiger charge is 2.06. The molecule has 2 heteroatoms. The maximum atomic E-state index is 5.73. The number of hydrogen-bond donors (Lipinski definition) is 1. The van der Waals surface area contributed by atoms with Crippen LogP contribution in [0.25, 0.3) is 6.08 Å². The molecule has 2 rings (SSSR count). The topological polar surface area (TPSA) is 38.9 Å². The van der Waals surface area contributed by atoms with Crippen molar-refractivity contribution in [1.82, 2.24) is 4.98 Å². The predicted molar refractivity (Wildman–Crippen MR) is 46.0 cm³/mol. The lowest BCUT2D eigenvalue weighted by atomic mass is 9.99. The lowest BCUT2D eigenvalue weighted by Gasteiger charge is -2.10. The van der Waals surface area contributed by atoms with E-state index in [0.29, 0.717) is 0 Å². The fourth-order valence-corrected chi connectivity index (χ4v) is 1.37. The van der Waals surface area contributed by atoms with Crippen molar-refractivity contribution < 1.29 is 0 Å². The number of nitrogens with two attached hydrogens (primary N) is 1. The summed E-state index contributed by atoms with van der Waals surface area (Å²) >= 11 is 0. The van der Waals surface area contributed by atoms with E-state index in [2.05, 4.69) is 17.1 Å². The van der Waals surface area contributed by atoms with Gasteiger partial charge in [-0.3, -0.25) is 4.98 Å². The number of fused-ring (bicyclic) bond motifs is 1. The molecule has 0 saturated carbocycles. The van der Waals surface area contributed by atoms with Crippen molar-refractivity contribution in [2.75, 3.05) is 5.73 Å². The molecule has 2 nitrogen and oxygen atoms in total. The monoisotopic (exact) mass is 146 g/mol. The van der Waals surface area contributed by atoms with Gasteiger partial charge in [0.2, 0.25) is 0 Å². The second-order valence-electron chi connectivity index (χ2n) is 2.74. The van der Waals surface area contributed by atoms with Crippen LogP contribution in [0, 0.1) is 0 Å². The molecule has 1 aromatic heterocycles. The number of rotatable bonds is 0. The van der Waals surface area contributed by atoms with Crippen LogP contribution in [0.4, 0.5) is 5.69 Å². The molecular weight excluding hydrogens is 136 g/mol. The number of nitrogens with zero attached hydrogens (tertiary/aromatic N) is 1. The summed E-state index contributed by atoms with van der Waals surface area (Å²) in [6.07, 6.45) is 10.0. The molecule has 1 heterocycles. The standard InChI is InChI=1S/C9H10N2/c10-9-6-11-5-7-3-1-2-4-8(7)9/h2,4-6H,1,3,10H2. The van der Waals surface area contributed by atoms with Gasteiger partial charge in [-0.05, 0) is 18.4 Å². The summed E-state index contributed by atoms with van der Waals surface area (Å²) in [5.74, 6) is 0. The number of hydrogen-bond acceptors (Lipinski definition) is 2. The van der Waals surface area contributed by atoms with E-state index < -0.39 is 0 Å². The Balaban J connectivity index is 2.60. The molecule has 0 unspecified atom stereocenters. The molecule has 0 radical (unpaired) electrons. The quantitative estimate of drug-likeness (QED) is 0.604. The zero-order chi connectivity index (χ0) is 7.68. The number of allylic oxidation sites excluding steroid dienone is 1. The molecule has 0 bridgehead atoms. The largest absolute Gasteiger partial charge is 0.397 e. The molecule has 0 atom stereocenters. The summed E-state index contributed by atoms with van der Waals surface area (Å²) in [4.78, 5) is 4.04. The Morgan fingerprint density at radius 3 is 3.09 bits per heavy atom. The second-order valence-corrected chi connectivity index (χ2v) is 2.74. The minimum Gasteiger partial charge on any atom is -0.397 e. The van der Waals surface area contributed by atoms with Crippen LogP contribution in [-0.2, 0) is 6.42 Å². The van der Waals surface area contributed by atoms with Gasteiger partial charge in [0.15, 0.2) is 0 Å². The van der Waals surface area contributed by atoms with Crippen molar-refractivity contribution in [1.29, 1.82) is 0 Å². The fourth-order valence-electron chi connectivity index (χ4n) is 1.37. The lowest BCUT2D eigenvalue weighted by Crippen LogP contribution is -1.99. The van der Waals surface area contributed by atoms with Gasteiger partial charge in [0, 0.05) is 11.8 Å². The van der Waals surface area contributed by atoms with Gasteiger partial charge in [0.05, 0.1) is 11.9 Å². The number of anilines is 1. The fraction of sp³-hybridized carbons (Fsp3) is 0.222. The third-order valence-corrected chi connectivity index (χ3v) is 1.97. The van der Waals surface area contributed by atoms with Gasteiger partial charge in [-0.1, -0.05) is 12.2 Å². The first-order valence-electron chi connectivity index (χ1n) is 3.77.